The van der Waals surface area contributed by atoms with Crippen LogP contribution in [0.4, 0.5) is 0 Å². The molecule has 6 aliphatic rings. The Labute approximate surface area is 340 Å². The maximum Gasteiger partial charge on any atom is 0.242 e. The number of piperidine rings is 6. The Morgan fingerprint density at radius 1 is 0.690 bits per heavy atom. The zero-order valence-corrected chi connectivity index (χ0v) is 33.7. The highest BCUT2D eigenvalue weighted by molar-refractivity contribution is 5.91. The van der Waals surface area contributed by atoms with E-state index in [-0.39, 0.29) is 24.3 Å². The molecule has 3 aromatic carbocycles. The molecule has 12 rings (SSSR count). The maximum absolute atomic E-state index is 7.29. The Kier molecular flexibility index (Phi) is 9.85. The fraction of sp³-hybridized carbons (Fsp3) is 0.417. The zero-order valence-electron chi connectivity index (χ0n) is 33.7. The fourth-order valence-corrected chi connectivity index (χ4v) is 10.9. The Morgan fingerprint density at radius 3 is 1.69 bits per heavy atom. The Bertz CT molecular complexity index is 2480. The van der Waals surface area contributed by atoms with Crippen molar-refractivity contribution in [3.63, 3.8) is 0 Å². The van der Waals surface area contributed by atoms with Gasteiger partial charge in [0.25, 0.3) is 0 Å². The molecule has 6 aliphatic heterocycles. The minimum atomic E-state index is -0.335. The molecule has 0 spiro atoms. The third-order valence-corrected chi connectivity index (χ3v) is 14.0. The van der Waals surface area contributed by atoms with E-state index in [0.717, 1.165) is 94.2 Å². The van der Waals surface area contributed by atoms with Gasteiger partial charge in [0.1, 0.15) is 23.7 Å². The lowest BCUT2D eigenvalue weighted by molar-refractivity contribution is -0.0493. The molecule has 6 saturated heterocycles. The number of hydrogen-bond acceptors (Lipinski definition) is 10. The normalized spacial score (nSPS) is 27.4. The van der Waals surface area contributed by atoms with Crippen LogP contribution in [0.2, 0.25) is 0 Å². The average Bonchev–Trinajstić information content (AvgIpc) is 3.29. The summed E-state index contributed by atoms with van der Waals surface area (Å²) in [5, 5.41) is 13.6. The molecule has 10 nitrogen and oxygen atoms in total. The molecule has 10 heteroatoms. The van der Waals surface area contributed by atoms with E-state index in [2.05, 4.69) is 65.8 Å². The molecule has 6 aromatic rings. The number of pyridine rings is 2. The third kappa shape index (κ3) is 6.50. The van der Waals surface area contributed by atoms with Crippen LogP contribution in [0.15, 0.2) is 97.8 Å². The van der Waals surface area contributed by atoms with Crippen LogP contribution in [-0.4, -0.2) is 82.4 Å². The van der Waals surface area contributed by atoms with E-state index in [1.54, 1.807) is 14.2 Å². The summed E-state index contributed by atoms with van der Waals surface area (Å²) in [6, 6.07) is 24.9. The topological polar surface area (TPSA) is 95.0 Å². The van der Waals surface area contributed by atoms with E-state index in [1.807, 2.05) is 48.8 Å². The summed E-state index contributed by atoms with van der Waals surface area (Å²) in [4.78, 5) is 14.7. The predicted octanol–water partition coefficient (Wildman–Crippen LogP) is 9.00. The smallest absolute Gasteiger partial charge is 0.242 e. The van der Waals surface area contributed by atoms with E-state index in [0.29, 0.717) is 35.4 Å². The SMILES string of the molecule is C=C[C@H]1CN2CC[C@H]1C[C@@H]2[C@@H](Oc1nnc(O[C@@H](c2ccnc3ccc(OC)cc23)[C@H]2C[C@@H]3CCN2C[C@@H]3CC)c2ccccc12)c1ccnc2ccc(OC)cc12. The Balaban J connectivity index is 1.06. The van der Waals surface area contributed by atoms with Crippen LogP contribution in [0.5, 0.6) is 23.3 Å². The number of hydrogen-bond donors (Lipinski definition) is 0. The first-order valence-electron chi connectivity index (χ1n) is 21.1. The molecule has 3 aromatic heterocycles. The van der Waals surface area contributed by atoms with Crippen molar-refractivity contribution >= 4 is 32.6 Å². The summed E-state index contributed by atoms with van der Waals surface area (Å²) >= 11 is 0. The summed E-state index contributed by atoms with van der Waals surface area (Å²) < 4.78 is 26.0. The molecule has 0 saturated carbocycles. The van der Waals surface area contributed by atoms with Crippen LogP contribution in [0.1, 0.15) is 62.4 Å². The van der Waals surface area contributed by atoms with Crippen LogP contribution in [0.25, 0.3) is 32.6 Å². The van der Waals surface area contributed by atoms with E-state index >= 15 is 0 Å². The van der Waals surface area contributed by atoms with Crippen molar-refractivity contribution in [1.29, 1.82) is 0 Å². The van der Waals surface area contributed by atoms with Crippen molar-refractivity contribution in [2.45, 2.75) is 63.3 Å². The number of rotatable bonds is 12. The van der Waals surface area contributed by atoms with Crippen molar-refractivity contribution in [1.82, 2.24) is 30.0 Å². The molecular formula is C48H52N6O4. The van der Waals surface area contributed by atoms with Gasteiger partial charge in [0.05, 0.1) is 48.1 Å². The molecule has 0 aliphatic carbocycles. The second-order valence-corrected chi connectivity index (χ2v) is 16.8. The highest BCUT2D eigenvalue weighted by Gasteiger charge is 2.46. The second kappa shape index (κ2) is 15.5. The van der Waals surface area contributed by atoms with Gasteiger partial charge in [-0.1, -0.05) is 31.6 Å². The lowest BCUT2D eigenvalue weighted by Crippen LogP contribution is -2.56. The van der Waals surface area contributed by atoms with Crippen LogP contribution >= 0.6 is 0 Å². The second-order valence-electron chi connectivity index (χ2n) is 16.8. The maximum atomic E-state index is 7.29. The van der Waals surface area contributed by atoms with Gasteiger partial charge in [0, 0.05) is 47.4 Å². The number of ether oxygens (including phenoxy) is 4. The highest BCUT2D eigenvalue weighted by Crippen LogP contribution is 2.47. The van der Waals surface area contributed by atoms with E-state index in [1.165, 1.54) is 19.3 Å². The summed E-state index contributed by atoms with van der Waals surface area (Å²) in [7, 11) is 3.41. The van der Waals surface area contributed by atoms with Crippen LogP contribution in [0.3, 0.4) is 0 Å². The van der Waals surface area contributed by atoms with Gasteiger partial charge in [-0.05, 0) is 123 Å². The highest BCUT2D eigenvalue weighted by atomic mass is 16.5. The number of methoxy groups -OCH3 is 2. The van der Waals surface area contributed by atoms with Crippen molar-refractivity contribution < 1.29 is 18.9 Å². The van der Waals surface area contributed by atoms with Gasteiger partial charge in [-0.15, -0.1) is 16.8 Å². The van der Waals surface area contributed by atoms with E-state index in [9.17, 15) is 0 Å². The van der Waals surface area contributed by atoms with Crippen LogP contribution in [0, 0.1) is 23.7 Å². The average molecular weight is 777 g/mol. The van der Waals surface area contributed by atoms with Gasteiger partial charge in [0.2, 0.25) is 11.8 Å². The molecule has 298 valence electrons. The van der Waals surface area contributed by atoms with Crippen LogP contribution < -0.4 is 18.9 Å². The number of aromatic nitrogens is 4. The molecule has 0 N–H and O–H groups in total. The molecule has 0 radical (unpaired) electrons. The number of nitrogens with zero attached hydrogens (tertiary/aromatic N) is 6. The molecule has 0 amide bonds. The first-order valence-corrected chi connectivity index (χ1v) is 21.1. The zero-order chi connectivity index (χ0) is 39.3. The van der Waals surface area contributed by atoms with Crippen molar-refractivity contribution in [2.24, 2.45) is 23.7 Å². The van der Waals surface area contributed by atoms with Gasteiger partial charge in [0.15, 0.2) is 0 Å². The minimum Gasteiger partial charge on any atom is -0.497 e. The van der Waals surface area contributed by atoms with Gasteiger partial charge >= 0.3 is 0 Å². The lowest BCUT2D eigenvalue weighted by Gasteiger charge is -2.51. The largest absolute Gasteiger partial charge is 0.497 e. The van der Waals surface area contributed by atoms with E-state index < -0.39 is 0 Å². The van der Waals surface area contributed by atoms with Gasteiger partial charge in [-0.3, -0.25) is 19.8 Å². The summed E-state index contributed by atoms with van der Waals surface area (Å²) in [6.07, 6.45) is 11.0. The van der Waals surface area contributed by atoms with Crippen molar-refractivity contribution in [3.05, 3.63) is 109 Å². The predicted molar refractivity (Wildman–Crippen MR) is 227 cm³/mol. The molecule has 4 bridgehead atoms. The fourth-order valence-electron chi connectivity index (χ4n) is 10.9. The first kappa shape index (κ1) is 37.0. The Hall–Kier alpha value is -5.32. The number of benzene rings is 3. The standard InChI is InChI=1S/C48H52N6O4/c1-5-29-27-53-21-17-31(29)23-43(53)45(35-15-19-49-41-13-11-33(55-3)25-39(35)41)57-47-37-9-7-8-10-38(37)48(52-51-47)58-46(44-24-32-18-22-54(44)28-30(32)6-2)36-16-20-50-42-14-12-34(56-4)26-40(36)42/h5,7-16,19-20,25-26,29-32,43-46H,1,6,17-18,21-24,27-28H2,2-4H3/t29-,30-,31-,32-,43+,44+,45-,46-/m0/s1. The number of fused-ring (bicyclic) bond motifs is 9. The van der Waals surface area contributed by atoms with Gasteiger partial charge in [-0.2, -0.15) is 0 Å². The molecular weight excluding hydrogens is 725 g/mol. The monoisotopic (exact) mass is 776 g/mol. The van der Waals surface area contributed by atoms with E-state index in [4.69, 9.17) is 39.1 Å². The lowest BCUT2D eigenvalue weighted by atomic mass is 9.72. The summed E-state index contributed by atoms with van der Waals surface area (Å²) in [5.74, 6) is 4.98. The molecule has 10 atom stereocenters. The summed E-state index contributed by atoms with van der Waals surface area (Å²) in [5.41, 5.74) is 3.96. The Morgan fingerprint density at radius 2 is 1.22 bits per heavy atom. The molecule has 6 fully saturated rings. The van der Waals surface area contributed by atoms with Gasteiger partial charge < -0.3 is 18.9 Å². The molecule has 2 unspecified atom stereocenters. The quantitative estimate of drug-likeness (QED) is 0.112. The van der Waals surface area contributed by atoms with Crippen LogP contribution in [-0.2, 0) is 0 Å². The van der Waals surface area contributed by atoms with Gasteiger partial charge in [-0.25, -0.2) is 0 Å². The summed E-state index contributed by atoms with van der Waals surface area (Å²) in [6.45, 7) is 10.7. The minimum absolute atomic E-state index is 0.132. The first-order chi connectivity index (χ1) is 28.5. The third-order valence-electron chi connectivity index (χ3n) is 14.0. The van der Waals surface area contributed by atoms with Crippen molar-refractivity contribution in [3.8, 4) is 23.3 Å². The molecule has 58 heavy (non-hydrogen) atoms. The van der Waals surface area contributed by atoms with Crippen molar-refractivity contribution in [2.75, 3.05) is 40.4 Å². The molecule has 9 heterocycles.